The van der Waals surface area contributed by atoms with E-state index in [0.29, 0.717) is 25.0 Å². The summed E-state index contributed by atoms with van der Waals surface area (Å²) in [6, 6.07) is 7.15. The van der Waals surface area contributed by atoms with Gasteiger partial charge < -0.3 is 15.0 Å². The molecule has 1 aliphatic carbocycles. The van der Waals surface area contributed by atoms with Crippen LogP contribution >= 0.6 is 12.4 Å². The van der Waals surface area contributed by atoms with Crippen molar-refractivity contribution < 1.29 is 9.26 Å². The lowest BCUT2D eigenvalue weighted by Gasteiger charge is -2.27. The predicted octanol–water partition coefficient (Wildman–Crippen LogP) is 2.83. The number of nitrogens with two attached hydrogens (primary N) is 1. The van der Waals surface area contributed by atoms with E-state index in [2.05, 4.69) is 33.2 Å². The smallest absolute Gasteiger partial charge is 0.240 e. The minimum Gasteiger partial charge on any atom is -0.493 e. The van der Waals surface area contributed by atoms with E-state index in [1.807, 2.05) is 0 Å². The number of ether oxygens (including phenoxy) is 1. The molecule has 7 heteroatoms. The van der Waals surface area contributed by atoms with Crippen molar-refractivity contribution in [2.45, 2.75) is 57.8 Å². The van der Waals surface area contributed by atoms with Crippen LogP contribution < -0.4 is 10.5 Å². The first-order valence-corrected chi connectivity index (χ1v) is 8.82. The average Bonchev–Trinajstić information content (AvgIpc) is 3.34. The molecule has 4 rings (SSSR count). The molecule has 1 aliphatic heterocycles. The van der Waals surface area contributed by atoms with Crippen molar-refractivity contribution in [1.29, 1.82) is 0 Å². The molecule has 0 bridgehead atoms. The van der Waals surface area contributed by atoms with Gasteiger partial charge in [-0.05, 0) is 30.0 Å². The van der Waals surface area contributed by atoms with Crippen molar-refractivity contribution in [3.05, 3.63) is 41.0 Å². The number of benzene rings is 1. The zero-order valence-corrected chi connectivity index (χ0v) is 15.1. The summed E-state index contributed by atoms with van der Waals surface area (Å²) in [6.07, 6.45) is 6.11. The molecule has 2 aromatic rings. The first kappa shape index (κ1) is 18.2. The molecule has 2 heterocycles. The van der Waals surface area contributed by atoms with Crippen molar-refractivity contribution in [3.63, 3.8) is 0 Å². The van der Waals surface area contributed by atoms with Gasteiger partial charge in [0.05, 0.1) is 19.7 Å². The minimum atomic E-state index is 0. The highest BCUT2D eigenvalue weighted by Crippen LogP contribution is 2.29. The van der Waals surface area contributed by atoms with E-state index in [-0.39, 0.29) is 12.4 Å². The van der Waals surface area contributed by atoms with Crippen LogP contribution in [0.15, 0.2) is 22.7 Å². The van der Waals surface area contributed by atoms with Crippen molar-refractivity contribution in [2.24, 2.45) is 5.73 Å². The fourth-order valence-electron chi connectivity index (χ4n) is 3.78. The van der Waals surface area contributed by atoms with Crippen LogP contribution in [0, 0.1) is 0 Å². The Morgan fingerprint density at radius 2 is 2.04 bits per heavy atom. The second-order valence-electron chi connectivity index (χ2n) is 6.69. The van der Waals surface area contributed by atoms with Crippen LogP contribution in [-0.4, -0.2) is 27.7 Å². The number of nitrogens with zero attached hydrogens (tertiary/aromatic N) is 3. The van der Waals surface area contributed by atoms with Crippen LogP contribution in [0.5, 0.6) is 5.75 Å². The maximum Gasteiger partial charge on any atom is 0.240 e. The van der Waals surface area contributed by atoms with Crippen molar-refractivity contribution in [1.82, 2.24) is 15.0 Å². The summed E-state index contributed by atoms with van der Waals surface area (Å²) in [5.41, 5.74) is 8.22. The van der Waals surface area contributed by atoms with Crippen molar-refractivity contribution in [3.8, 4) is 5.75 Å². The Labute approximate surface area is 154 Å². The molecule has 25 heavy (non-hydrogen) atoms. The quantitative estimate of drug-likeness (QED) is 0.849. The van der Waals surface area contributed by atoms with E-state index in [1.54, 1.807) is 0 Å². The molecule has 136 valence electrons. The fraction of sp³-hybridized carbons (Fsp3) is 0.556. The molecule has 0 amide bonds. The fourth-order valence-corrected chi connectivity index (χ4v) is 3.78. The average molecular weight is 365 g/mol. The third-order valence-corrected chi connectivity index (χ3v) is 5.01. The number of aromatic nitrogens is 2. The molecule has 0 atom stereocenters. The zero-order valence-electron chi connectivity index (χ0n) is 14.3. The van der Waals surface area contributed by atoms with Gasteiger partial charge in [0.1, 0.15) is 5.75 Å². The monoisotopic (exact) mass is 364 g/mol. The molecule has 0 radical (unpaired) electrons. The number of hydrogen-bond donors (Lipinski definition) is 1. The number of hydrogen-bond acceptors (Lipinski definition) is 6. The highest BCUT2D eigenvalue weighted by molar-refractivity contribution is 5.85. The highest BCUT2D eigenvalue weighted by Gasteiger charge is 2.25. The lowest BCUT2D eigenvalue weighted by Crippen LogP contribution is -2.32. The summed E-state index contributed by atoms with van der Waals surface area (Å²) in [7, 11) is 0. The standard InChI is InChI=1S/C18H24N4O2.ClH/c19-10-18-20-17(21-24-18)12-22(15-3-1-2-4-15)11-13-5-6-16-14(9-13)7-8-23-16;/h5-6,9,15H,1-4,7-8,10-12,19H2;1H. The summed E-state index contributed by atoms with van der Waals surface area (Å²) in [6.45, 7) is 2.71. The molecule has 6 nitrogen and oxygen atoms in total. The van der Waals surface area contributed by atoms with Crippen LogP contribution in [0.2, 0.25) is 0 Å². The van der Waals surface area contributed by atoms with Gasteiger partial charge in [0.15, 0.2) is 5.82 Å². The number of halogens is 1. The van der Waals surface area contributed by atoms with Crippen molar-refractivity contribution in [2.75, 3.05) is 6.61 Å². The maximum atomic E-state index is 5.61. The Balaban J connectivity index is 0.00000182. The normalized spacial score (nSPS) is 16.7. The third-order valence-electron chi connectivity index (χ3n) is 5.01. The molecular weight excluding hydrogens is 340 g/mol. The van der Waals surface area contributed by atoms with Gasteiger partial charge in [-0.25, -0.2) is 0 Å². The van der Waals surface area contributed by atoms with Gasteiger partial charge in [0.2, 0.25) is 5.89 Å². The summed E-state index contributed by atoms with van der Waals surface area (Å²) in [5, 5.41) is 4.07. The number of rotatable bonds is 6. The summed E-state index contributed by atoms with van der Waals surface area (Å²) in [5.74, 6) is 2.27. The van der Waals surface area contributed by atoms with Gasteiger partial charge in [0, 0.05) is 19.0 Å². The van der Waals surface area contributed by atoms with Gasteiger partial charge in [-0.15, -0.1) is 12.4 Å². The topological polar surface area (TPSA) is 77.4 Å². The second-order valence-corrected chi connectivity index (χ2v) is 6.69. The molecule has 1 aromatic carbocycles. The van der Waals surface area contributed by atoms with E-state index in [4.69, 9.17) is 15.0 Å². The first-order chi connectivity index (χ1) is 11.8. The summed E-state index contributed by atoms with van der Waals surface area (Å²) in [4.78, 5) is 6.86. The first-order valence-electron chi connectivity index (χ1n) is 8.82. The van der Waals surface area contributed by atoms with Gasteiger partial charge in [-0.1, -0.05) is 30.1 Å². The largest absolute Gasteiger partial charge is 0.493 e. The Kier molecular flexibility index (Phi) is 5.93. The SMILES string of the molecule is Cl.NCc1nc(CN(Cc2ccc3c(c2)CCO3)C2CCCC2)no1. The van der Waals surface area contributed by atoms with Crippen molar-refractivity contribution >= 4 is 12.4 Å². The zero-order chi connectivity index (χ0) is 16.4. The third kappa shape index (κ3) is 4.14. The van der Waals surface area contributed by atoms with E-state index in [0.717, 1.165) is 31.1 Å². The molecule has 0 spiro atoms. The van der Waals surface area contributed by atoms with Crippen LogP contribution in [0.1, 0.15) is 48.5 Å². The Morgan fingerprint density at radius 3 is 2.80 bits per heavy atom. The van der Waals surface area contributed by atoms with E-state index in [1.165, 1.54) is 36.8 Å². The van der Waals surface area contributed by atoms with E-state index in [9.17, 15) is 0 Å². The minimum absolute atomic E-state index is 0. The van der Waals surface area contributed by atoms with Crippen LogP contribution in [0.3, 0.4) is 0 Å². The van der Waals surface area contributed by atoms with Gasteiger partial charge in [-0.2, -0.15) is 4.98 Å². The summed E-state index contributed by atoms with van der Waals surface area (Å²) < 4.78 is 10.8. The van der Waals surface area contributed by atoms with Crippen LogP contribution in [0.25, 0.3) is 0 Å². The maximum absolute atomic E-state index is 5.61. The lowest BCUT2D eigenvalue weighted by atomic mass is 10.1. The van der Waals surface area contributed by atoms with Gasteiger partial charge in [0.25, 0.3) is 0 Å². The molecular formula is C18H25ClN4O2. The molecule has 2 aliphatic rings. The Morgan fingerprint density at radius 1 is 1.20 bits per heavy atom. The van der Waals surface area contributed by atoms with Crippen LogP contribution in [0.4, 0.5) is 0 Å². The molecule has 0 saturated heterocycles. The Hall–Kier alpha value is -1.63. The Bertz CT molecular complexity index is 700. The number of fused-ring (bicyclic) bond motifs is 1. The lowest BCUT2D eigenvalue weighted by molar-refractivity contribution is 0.174. The van der Waals surface area contributed by atoms with Gasteiger partial charge >= 0.3 is 0 Å². The summed E-state index contributed by atoms with van der Waals surface area (Å²) >= 11 is 0. The molecule has 1 saturated carbocycles. The van der Waals surface area contributed by atoms with Gasteiger partial charge in [-0.3, -0.25) is 4.90 Å². The van der Waals surface area contributed by atoms with E-state index < -0.39 is 0 Å². The molecule has 1 fully saturated rings. The highest BCUT2D eigenvalue weighted by atomic mass is 35.5. The van der Waals surface area contributed by atoms with Crippen LogP contribution in [-0.2, 0) is 26.1 Å². The molecule has 2 N–H and O–H groups in total. The predicted molar refractivity (Wildman–Crippen MR) is 96.6 cm³/mol. The molecule has 0 unspecified atom stereocenters. The molecule has 1 aromatic heterocycles. The second kappa shape index (κ2) is 8.17. The van der Waals surface area contributed by atoms with E-state index >= 15 is 0 Å².